The summed E-state index contributed by atoms with van der Waals surface area (Å²) in [5.41, 5.74) is 38.5. The van der Waals surface area contributed by atoms with E-state index in [4.69, 9.17) is 8.83 Å². The molecule has 570 valence electrons. The molecule has 25 aromatic rings. The number of hydrogen-bond donors (Lipinski definition) is 0. The zero-order chi connectivity index (χ0) is 80.3. The fraction of sp³-hybridized carbons (Fsp3) is 0.0517. The van der Waals surface area contributed by atoms with Crippen molar-refractivity contribution >= 4 is 153 Å². The van der Waals surface area contributed by atoms with Crippen LogP contribution in [0.5, 0.6) is 0 Å². The van der Waals surface area contributed by atoms with Crippen LogP contribution >= 0.6 is 0 Å². The predicted molar refractivity (Wildman–Crippen MR) is 510 cm³/mol. The summed E-state index contributed by atoms with van der Waals surface area (Å²) >= 11 is 0. The lowest BCUT2D eigenvalue weighted by Gasteiger charge is -2.21. The lowest BCUT2D eigenvalue weighted by atomic mass is 9.82. The van der Waals surface area contributed by atoms with Crippen LogP contribution in [-0.2, 0) is 10.8 Å². The second-order valence-electron chi connectivity index (χ2n) is 35.0. The molecule has 0 fully saturated rings. The molecule has 0 amide bonds. The zero-order valence-corrected chi connectivity index (χ0v) is 67.4. The van der Waals surface area contributed by atoms with Gasteiger partial charge in [0.1, 0.15) is 22.3 Å². The molecule has 28 rings (SSSR count). The first kappa shape index (κ1) is 67.5. The van der Waals surface area contributed by atoms with Crippen molar-refractivity contribution in [1.82, 2.24) is 18.3 Å². The van der Waals surface area contributed by atoms with Gasteiger partial charge in [0.25, 0.3) is 0 Å². The van der Waals surface area contributed by atoms with Crippen LogP contribution in [-0.4, -0.2) is 18.3 Å². The van der Waals surface area contributed by atoms with E-state index in [-0.39, 0.29) is 10.8 Å². The summed E-state index contributed by atoms with van der Waals surface area (Å²) in [4.78, 5) is 0. The minimum atomic E-state index is -0.0933. The highest BCUT2D eigenvalue weighted by Crippen LogP contribution is 2.56. The van der Waals surface area contributed by atoms with Crippen molar-refractivity contribution in [3.63, 3.8) is 0 Å². The molecule has 3 aliphatic carbocycles. The van der Waals surface area contributed by atoms with Crippen molar-refractivity contribution < 1.29 is 8.83 Å². The van der Waals surface area contributed by atoms with Gasteiger partial charge in [0.2, 0.25) is 0 Å². The molecular formula is C116H74N4O2. The molecule has 3 aliphatic rings. The number of hydrogen-bond acceptors (Lipinski definition) is 2. The van der Waals surface area contributed by atoms with E-state index in [0.717, 1.165) is 60.6 Å². The molecule has 0 atom stereocenters. The molecule has 0 unspecified atom stereocenters. The Balaban J connectivity index is 0.000000129. The minimum absolute atomic E-state index is 0.0843. The number of benzene rings is 19. The molecule has 0 saturated carbocycles. The Morgan fingerprint density at radius 2 is 0.566 bits per heavy atom. The highest BCUT2D eigenvalue weighted by atomic mass is 16.3. The first-order valence-electron chi connectivity index (χ1n) is 42.5. The van der Waals surface area contributed by atoms with E-state index in [1.165, 1.54) is 204 Å². The Kier molecular flexibility index (Phi) is 13.6. The van der Waals surface area contributed by atoms with Gasteiger partial charge in [-0.1, -0.05) is 252 Å². The number of rotatable bonds is 6. The number of aromatic nitrogens is 4. The molecule has 0 bridgehead atoms. The third kappa shape index (κ3) is 9.32. The Hall–Kier alpha value is -15.5. The molecule has 0 saturated heterocycles. The average Bonchev–Trinajstić information content (AvgIpc) is 1.55. The summed E-state index contributed by atoms with van der Waals surface area (Å²) in [5.74, 6) is 0. The quantitative estimate of drug-likeness (QED) is 0.167. The monoisotopic (exact) mass is 1550 g/mol. The first-order valence-corrected chi connectivity index (χ1v) is 42.5. The first-order chi connectivity index (χ1) is 60.0. The molecule has 0 N–H and O–H groups in total. The van der Waals surface area contributed by atoms with Crippen molar-refractivity contribution in [2.45, 2.75) is 38.5 Å². The molecule has 122 heavy (non-hydrogen) atoms. The summed E-state index contributed by atoms with van der Waals surface area (Å²) in [6.07, 6.45) is 0. The second kappa shape index (κ2) is 24.6. The third-order valence-corrected chi connectivity index (χ3v) is 27.9. The smallest absolute Gasteiger partial charge is 0.137 e. The van der Waals surface area contributed by atoms with E-state index in [2.05, 4.69) is 416 Å². The molecular weight excluding hydrogens is 1480 g/mol. The summed E-state index contributed by atoms with van der Waals surface area (Å²) < 4.78 is 22.8. The van der Waals surface area contributed by atoms with Crippen LogP contribution in [0.15, 0.2) is 385 Å². The van der Waals surface area contributed by atoms with Crippen LogP contribution in [0.25, 0.3) is 242 Å². The summed E-state index contributed by atoms with van der Waals surface area (Å²) in [7, 11) is 0. The fourth-order valence-electron chi connectivity index (χ4n) is 22.2. The van der Waals surface area contributed by atoms with E-state index >= 15 is 0 Å². The van der Waals surface area contributed by atoms with Gasteiger partial charge in [-0.2, -0.15) is 0 Å². The molecule has 6 aromatic heterocycles. The number of nitrogens with zero attached hydrogens (tertiary/aromatic N) is 4. The van der Waals surface area contributed by atoms with Gasteiger partial charge in [0, 0.05) is 110 Å². The van der Waals surface area contributed by atoms with E-state index in [9.17, 15) is 0 Å². The maximum absolute atomic E-state index is 6.57. The third-order valence-electron chi connectivity index (χ3n) is 27.9. The predicted octanol–water partition coefficient (Wildman–Crippen LogP) is 31.5. The lowest BCUT2D eigenvalue weighted by Crippen LogP contribution is -2.14. The van der Waals surface area contributed by atoms with Gasteiger partial charge in [-0.05, 0) is 245 Å². The zero-order valence-electron chi connectivity index (χ0n) is 67.4. The second-order valence-corrected chi connectivity index (χ2v) is 35.0. The van der Waals surface area contributed by atoms with Gasteiger partial charge in [-0.3, -0.25) is 0 Å². The van der Waals surface area contributed by atoms with Gasteiger partial charge in [-0.25, -0.2) is 0 Å². The van der Waals surface area contributed by atoms with Crippen LogP contribution in [0.4, 0.5) is 0 Å². The van der Waals surface area contributed by atoms with Gasteiger partial charge in [0.05, 0.1) is 49.8 Å². The van der Waals surface area contributed by atoms with E-state index in [1.807, 2.05) is 6.07 Å². The Morgan fingerprint density at radius 1 is 0.189 bits per heavy atom. The molecule has 0 radical (unpaired) electrons. The number of fused-ring (bicyclic) bond motifs is 28. The molecule has 0 spiro atoms. The molecule has 6 heteroatoms. The minimum Gasteiger partial charge on any atom is -0.456 e. The van der Waals surface area contributed by atoms with E-state index < -0.39 is 0 Å². The standard InChI is InChI=1S/C61H38N2O.C55H36N2O/c1-61(2)51-21-10-8-17-40(51)45-31-48-46-29-35(23-26-54(46)62(56(48)33-52(45)61)37-13-4-3-5-14-37)36-24-27-55-47(30-36)49-32-50-41-18-9-11-22-58(41)64-59(50)34-57(49)63(55)53-28-25-43-39-16-7-6-15-38(39)42-19-12-20-44(53)60(42)43;1-55(2)47-18-10-8-16-39(47)41-29-44-42-27-35(21-24-49(42)56(51(44)31-48(41)55)37-14-4-3-5-15-37)36-22-25-50-43(28-36)45-30-46-40-17-9-11-19-53(40)58-54(46)32-52(45)57(50)38-23-20-33-12-6-7-13-34(33)26-38/h3-34H,1-2H3;3-32H,1-2H3. The van der Waals surface area contributed by atoms with Crippen molar-refractivity contribution in [3.05, 3.63) is 398 Å². The SMILES string of the molecule is CC1(C)c2ccccc2-c2cc3c4cc(-c5ccc6c(c5)c5cc7c(cc5n6-c5ccc6c8c(cccc58)-c5ccccc5-6)oc5ccccc57)ccc4n(-c4ccccc4)c3cc21.CC1(C)c2ccccc2-c2cc3c4cc(-c5ccc6c(c5)c5cc7c(cc5n6-c5ccc6ccccc6c5)oc5ccccc57)ccc4n(-c4ccccc4)c3cc21. The fourth-order valence-corrected chi connectivity index (χ4v) is 22.2. The van der Waals surface area contributed by atoms with Crippen LogP contribution in [0.2, 0.25) is 0 Å². The van der Waals surface area contributed by atoms with Gasteiger partial charge >= 0.3 is 0 Å². The molecule has 6 heterocycles. The normalized spacial score (nSPS) is 13.5. The highest BCUT2D eigenvalue weighted by molar-refractivity contribution is 6.24. The Morgan fingerprint density at radius 3 is 1.07 bits per heavy atom. The lowest BCUT2D eigenvalue weighted by molar-refractivity contribution is 0.661. The largest absolute Gasteiger partial charge is 0.456 e. The topological polar surface area (TPSA) is 46.0 Å². The number of furan rings is 2. The maximum atomic E-state index is 6.57. The van der Waals surface area contributed by atoms with Crippen LogP contribution in [0, 0.1) is 0 Å². The number of para-hydroxylation sites is 4. The molecule has 0 aliphatic heterocycles. The van der Waals surface area contributed by atoms with E-state index in [1.54, 1.807) is 0 Å². The van der Waals surface area contributed by atoms with Crippen molar-refractivity contribution in [3.8, 4) is 89.5 Å². The Bertz CT molecular complexity index is 8930. The van der Waals surface area contributed by atoms with Gasteiger partial charge in [0.15, 0.2) is 0 Å². The highest BCUT2D eigenvalue weighted by Gasteiger charge is 2.39. The van der Waals surface area contributed by atoms with Crippen molar-refractivity contribution in [1.29, 1.82) is 0 Å². The summed E-state index contributed by atoms with van der Waals surface area (Å²) in [6, 6.07) is 139. The van der Waals surface area contributed by atoms with Gasteiger partial charge in [-0.15, -0.1) is 0 Å². The maximum Gasteiger partial charge on any atom is 0.137 e. The van der Waals surface area contributed by atoms with Crippen molar-refractivity contribution in [2.24, 2.45) is 0 Å². The van der Waals surface area contributed by atoms with Crippen LogP contribution in [0.3, 0.4) is 0 Å². The molecule has 6 nitrogen and oxygen atoms in total. The summed E-state index contributed by atoms with van der Waals surface area (Å²) in [5, 5.41) is 19.5. The Labute approximate surface area is 701 Å². The van der Waals surface area contributed by atoms with Crippen LogP contribution in [0.1, 0.15) is 49.9 Å². The molecule has 19 aromatic carbocycles. The van der Waals surface area contributed by atoms with Crippen molar-refractivity contribution in [2.75, 3.05) is 0 Å². The van der Waals surface area contributed by atoms with Crippen LogP contribution < -0.4 is 0 Å². The summed E-state index contributed by atoms with van der Waals surface area (Å²) in [6.45, 7) is 9.47. The van der Waals surface area contributed by atoms with Gasteiger partial charge < -0.3 is 27.1 Å². The average molecular weight is 1560 g/mol. The van der Waals surface area contributed by atoms with E-state index in [0.29, 0.717) is 0 Å².